The van der Waals surface area contributed by atoms with E-state index in [1.165, 1.54) is 5.69 Å². The van der Waals surface area contributed by atoms with E-state index in [1.807, 2.05) is 28.4 Å². The van der Waals surface area contributed by atoms with E-state index >= 15 is 0 Å². The lowest BCUT2D eigenvalue weighted by atomic mass is 10.1. The van der Waals surface area contributed by atoms with Crippen molar-refractivity contribution in [3.8, 4) is 11.3 Å². The van der Waals surface area contributed by atoms with E-state index in [9.17, 15) is 0 Å². The number of benzene rings is 2. The first-order valence-electron chi connectivity index (χ1n) is 10.2. The number of hydrogen-bond donors (Lipinski definition) is 1. The molecular weight excluding hydrogens is 408 g/mol. The minimum atomic E-state index is 0.728. The van der Waals surface area contributed by atoms with Crippen LogP contribution < -0.4 is 10.2 Å². The number of fused-ring (bicyclic) bond motifs is 2. The number of anilines is 3. The van der Waals surface area contributed by atoms with E-state index in [0.29, 0.717) is 0 Å². The van der Waals surface area contributed by atoms with Gasteiger partial charge in [0.1, 0.15) is 0 Å². The average molecular weight is 429 g/mol. The molecule has 4 heterocycles. The Morgan fingerprint density at radius 1 is 1.00 bits per heavy atom. The second-order valence-electron chi connectivity index (χ2n) is 7.44. The molecule has 1 fully saturated rings. The summed E-state index contributed by atoms with van der Waals surface area (Å²) in [4.78, 5) is 16.1. The van der Waals surface area contributed by atoms with E-state index in [2.05, 4.69) is 56.6 Å². The van der Waals surface area contributed by atoms with Gasteiger partial charge in [-0.3, -0.25) is 0 Å². The Kier molecular flexibility index (Phi) is 4.51. The largest absolute Gasteiger partial charge is 0.378 e. The van der Waals surface area contributed by atoms with Crippen LogP contribution in [-0.4, -0.2) is 45.7 Å². The highest BCUT2D eigenvalue weighted by molar-refractivity contribution is 7.16. The van der Waals surface area contributed by atoms with Crippen LogP contribution in [0.5, 0.6) is 0 Å². The highest BCUT2D eigenvalue weighted by Gasteiger charge is 2.13. The molecule has 2 aromatic carbocycles. The molecule has 31 heavy (non-hydrogen) atoms. The summed E-state index contributed by atoms with van der Waals surface area (Å²) in [7, 11) is 0. The number of imidazole rings is 1. The van der Waals surface area contributed by atoms with E-state index in [-0.39, 0.29) is 0 Å². The molecule has 0 unspecified atom stereocenters. The summed E-state index contributed by atoms with van der Waals surface area (Å²) in [6.07, 6.45) is 5.75. The SMILES string of the molecule is c1cn2cc(-c3ccc4ncsc4c3)nc(Nc3ccc(N4CCOCC4)cc3)c2n1. The third-order valence-corrected chi connectivity index (χ3v) is 6.30. The van der Waals surface area contributed by atoms with Gasteiger partial charge in [-0.1, -0.05) is 6.07 Å². The predicted octanol–water partition coefficient (Wildman–Crippen LogP) is 4.59. The topological polar surface area (TPSA) is 67.6 Å². The first-order chi connectivity index (χ1) is 15.3. The quantitative estimate of drug-likeness (QED) is 0.452. The van der Waals surface area contributed by atoms with Crippen molar-refractivity contribution >= 4 is 44.4 Å². The smallest absolute Gasteiger partial charge is 0.180 e. The van der Waals surface area contributed by atoms with Crippen LogP contribution in [0, 0.1) is 0 Å². The molecule has 7 nitrogen and oxygen atoms in total. The Bertz CT molecular complexity index is 1350. The standard InChI is InChI=1S/C23H20N6OS/c1-6-19-21(31-15-25-19)13-16(1)20-14-29-8-7-24-23(29)22(27-20)26-17-2-4-18(5-3-17)28-9-11-30-12-10-28/h1-8,13-15H,9-12H2,(H,26,27). The predicted molar refractivity (Wildman–Crippen MR) is 124 cm³/mol. The van der Waals surface area contributed by atoms with Gasteiger partial charge in [0.25, 0.3) is 0 Å². The fraction of sp³-hybridized carbons (Fsp3) is 0.174. The highest BCUT2D eigenvalue weighted by atomic mass is 32.1. The molecule has 6 rings (SSSR count). The van der Waals surface area contributed by atoms with E-state index in [1.54, 1.807) is 17.5 Å². The lowest BCUT2D eigenvalue weighted by Crippen LogP contribution is -2.36. The van der Waals surface area contributed by atoms with Gasteiger partial charge in [0.05, 0.1) is 34.6 Å². The van der Waals surface area contributed by atoms with Crippen LogP contribution in [-0.2, 0) is 4.74 Å². The Hall–Kier alpha value is -3.49. The minimum absolute atomic E-state index is 0.728. The maximum absolute atomic E-state index is 5.45. The minimum Gasteiger partial charge on any atom is -0.378 e. The van der Waals surface area contributed by atoms with Gasteiger partial charge in [0.15, 0.2) is 11.5 Å². The molecule has 1 N–H and O–H groups in total. The van der Waals surface area contributed by atoms with Crippen molar-refractivity contribution in [2.45, 2.75) is 0 Å². The van der Waals surface area contributed by atoms with Gasteiger partial charge in [0.2, 0.25) is 0 Å². The second kappa shape index (κ2) is 7.64. The van der Waals surface area contributed by atoms with Crippen molar-refractivity contribution in [3.05, 3.63) is 66.6 Å². The summed E-state index contributed by atoms with van der Waals surface area (Å²) < 4.78 is 8.60. The summed E-state index contributed by atoms with van der Waals surface area (Å²) in [5.74, 6) is 0.728. The molecule has 0 radical (unpaired) electrons. The van der Waals surface area contributed by atoms with Crippen LogP contribution in [0.4, 0.5) is 17.2 Å². The number of nitrogens with one attached hydrogen (secondary N) is 1. The van der Waals surface area contributed by atoms with E-state index in [0.717, 1.165) is 64.9 Å². The van der Waals surface area contributed by atoms with Crippen LogP contribution in [0.2, 0.25) is 0 Å². The lowest BCUT2D eigenvalue weighted by Gasteiger charge is -2.28. The van der Waals surface area contributed by atoms with Crippen LogP contribution in [0.3, 0.4) is 0 Å². The lowest BCUT2D eigenvalue weighted by molar-refractivity contribution is 0.122. The van der Waals surface area contributed by atoms with Crippen molar-refractivity contribution in [2.75, 3.05) is 36.5 Å². The second-order valence-corrected chi connectivity index (χ2v) is 8.33. The first kappa shape index (κ1) is 18.3. The molecule has 0 saturated carbocycles. The molecule has 0 amide bonds. The molecule has 0 spiro atoms. The third kappa shape index (κ3) is 3.49. The summed E-state index contributed by atoms with van der Waals surface area (Å²) >= 11 is 1.64. The number of rotatable bonds is 4. The fourth-order valence-electron chi connectivity index (χ4n) is 3.88. The molecule has 1 aliphatic heterocycles. The summed E-state index contributed by atoms with van der Waals surface area (Å²) in [5, 5.41) is 3.46. The molecule has 3 aromatic heterocycles. The zero-order valence-electron chi connectivity index (χ0n) is 16.7. The van der Waals surface area contributed by atoms with Crippen molar-refractivity contribution < 1.29 is 4.74 Å². The number of thiazole rings is 1. The Morgan fingerprint density at radius 2 is 1.87 bits per heavy atom. The Morgan fingerprint density at radius 3 is 2.74 bits per heavy atom. The number of morpholine rings is 1. The van der Waals surface area contributed by atoms with Gasteiger partial charge in [0, 0.05) is 48.6 Å². The number of nitrogens with zero attached hydrogens (tertiary/aromatic N) is 5. The maximum atomic E-state index is 5.45. The van der Waals surface area contributed by atoms with Crippen molar-refractivity contribution in [3.63, 3.8) is 0 Å². The van der Waals surface area contributed by atoms with Crippen molar-refractivity contribution in [1.29, 1.82) is 0 Å². The van der Waals surface area contributed by atoms with E-state index < -0.39 is 0 Å². The monoisotopic (exact) mass is 428 g/mol. The van der Waals surface area contributed by atoms with E-state index in [4.69, 9.17) is 9.72 Å². The third-order valence-electron chi connectivity index (χ3n) is 5.51. The first-order valence-corrected chi connectivity index (χ1v) is 11.1. The number of hydrogen-bond acceptors (Lipinski definition) is 7. The molecule has 1 aliphatic rings. The highest BCUT2D eigenvalue weighted by Crippen LogP contribution is 2.29. The summed E-state index contributed by atoms with van der Waals surface area (Å²) in [6.45, 7) is 3.41. The Labute approximate surface area is 183 Å². The van der Waals surface area contributed by atoms with Crippen LogP contribution in [0.25, 0.3) is 27.1 Å². The number of ether oxygens (including phenoxy) is 1. The molecule has 5 aromatic rings. The summed E-state index contributed by atoms with van der Waals surface area (Å²) in [5.41, 5.74) is 7.79. The van der Waals surface area contributed by atoms with Gasteiger partial charge in [-0.05, 0) is 36.4 Å². The van der Waals surface area contributed by atoms with Crippen molar-refractivity contribution in [1.82, 2.24) is 19.4 Å². The molecule has 0 atom stereocenters. The zero-order valence-corrected chi connectivity index (χ0v) is 17.5. The summed E-state index contributed by atoms with van der Waals surface area (Å²) in [6, 6.07) is 14.7. The zero-order chi connectivity index (χ0) is 20.6. The van der Waals surface area contributed by atoms with Crippen molar-refractivity contribution in [2.24, 2.45) is 0 Å². The molecule has 0 bridgehead atoms. The Balaban J connectivity index is 1.33. The maximum Gasteiger partial charge on any atom is 0.180 e. The fourth-order valence-corrected chi connectivity index (χ4v) is 4.60. The molecule has 0 aliphatic carbocycles. The van der Waals surface area contributed by atoms with Gasteiger partial charge in [-0.2, -0.15) is 0 Å². The van der Waals surface area contributed by atoms with Crippen LogP contribution in [0.1, 0.15) is 0 Å². The molecule has 154 valence electrons. The van der Waals surface area contributed by atoms with Gasteiger partial charge in [-0.25, -0.2) is 15.0 Å². The average Bonchev–Trinajstić information content (AvgIpc) is 3.49. The van der Waals surface area contributed by atoms with Gasteiger partial charge >= 0.3 is 0 Å². The van der Waals surface area contributed by atoms with Gasteiger partial charge < -0.3 is 19.4 Å². The molecule has 8 heteroatoms. The molecule has 1 saturated heterocycles. The number of aromatic nitrogens is 4. The normalized spacial score (nSPS) is 14.4. The molecular formula is C23H20N6OS. The van der Waals surface area contributed by atoms with Gasteiger partial charge in [-0.15, -0.1) is 11.3 Å². The van der Waals surface area contributed by atoms with Crippen LogP contribution >= 0.6 is 11.3 Å². The van der Waals surface area contributed by atoms with Crippen LogP contribution in [0.15, 0.2) is 66.6 Å².